The summed E-state index contributed by atoms with van der Waals surface area (Å²) in [6.07, 6.45) is 2.49. The number of carbonyl (C=O) groups excluding carboxylic acids is 2. The highest BCUT2D eigenvalue weighted by atomic mass is 32.2. The quantitative estimate of drug-likeness (QED) is 0.568. The Balaban J connectivity index is 2.11. The molecule has 22 heavy (non-hydrogen) atoms. The first-order chi connectivity index (χ1) is 10.4. The third-order valence-electron chi connectivity index (χ3n) is 3.29. The van der Waals surface area contributed by atoms with Crippen LogP contribution in [0.3, 0.4) is 0 Å². The number of rotatable bonds is 6. The van der Waals surface area contributed by atoms with Crippen LogP contribution in [0.5, 0.6) is 0 Å². The Labute approximate surface area is 133 Å². The number of thiophene rings is 1. The molecule has 2 rings (SSSR count). The molecule has 1 saturated heterocycles. The van der Waals surface area contributed by atoms with Gasteiger partial charge in [0.2, 0.25) is 15.9 Å². The van der Waals surface area contributed by atoms with Crippen molar-refractivity contribution >= 4 is 33.1 Å². The first kappa shape index (κ1) is 17.1. The van der Waals surface area contributed by atoms with Gasteiger partial charge < -0.3 is 5.32 Å². The first-order valence-corrected chi connectivity index (χ1v) is 9.70. The smallest absolute Gasteiger partial charge is 0.242 e. The lowest BCUT2D eigenvalue weighted by Crippen LogP contribution is -2.52. The van der Waals surface area contributed by atoms with E-state index in [0.717, 1.165) is 24.2 Å². The monoisotopic (exact) mass is 345 g/mol. The Morgan fingerprint density at radius 1 is 1.50 bits per heavy atom. The molecule has 0 bridgehead atoms. The van der Waals surface area contributed by atoms with Gasteiger partial charge in [-0.25, -0.2) is 8.42 Å². The zero-order valence-electron chi connectivity index (χ0n) is 12.2. The summed E-state index contributed by atoms with van der Waals surface area (Å²) in [6, 6.07) is 3.39. The molecule has 1 atom stereocenters. The summed E-state index contributed by atoms with van der Waals surface area (Å²) in [5, 5.41) is 5.79. The number of nitrogens with one attached hydrogen (secondary N) is 2. The van der Waals surface area contributed by atoms with Crippen LogP contribution in [0.4, 0.5) is 0 Å². The molecule has 2 N–H and O–H groups in total. The van der Waals surface area contributed by atoms with Crippen molar-refractivity contribution in [1.82, 2.24) is 15.2 Å². The van der Waals surface area contributed by atoms with Gasteiger partial charge in [0.15, 0.2) is 5.78 Å². The SMILES string of the molecule is CS(=O)(=O)NN(CC(=O)c1cccs1)C(=O)C1CCCNC1. The van der Waals surface area contributed by atoms with Crippen molar-refractivity contribution in [2.24, 2.45) is 5.92 Å². The molecule has 7 nitrogen and oxygen atoms in total. The van der Waals surface area contributed by atoms with Gasteiger partial charge in [-0.15, -0.1) is 16.2 Å². The number of amides is 1. The van der Waals surface area contributed by atoms with Crippen LogP contribution in [0.15, 0.2) is 17.5 Å². The number of hydrazine groups is 1. The van der Waals surface area contributed by atoms with Gasteiger partial charge in [-0.2, -0.15) is 0 Å². The number of Topliss-reactive ketones (excluding diaryl/α,β-unsaturated/α-hetero) is 1. The third kappa shape index (κ3) is 4.87. The Bertz CT molecular complexity index is 622. The number of nitrogens with zero attached hydrogens (tertiary/aromatic N) is 1. The van der Waals surface area contributed by atoms with E-state index in [1.165, 1.54) is 11.3 Å². The molecule has 1 fully saturated rings. The van der Waals surface area contributed by atoms with Crippen molar-refractivity contribution < 1.29 is 18.0 Å². The molecule has 1 aliphatic heterocycles. The maximum Gasteiger partial charge on any atom is 0.242 e. The zero-order chi connectivity index (χ0) is 16.2. The highest BCUT2D eigenvalue weighted by Crippen LogP contribution is 2.15. The van der Waals surface area contributed by atoms with Crippen molar-refractivity contribution in [1.29, 1.82) is 0 Å². The molecular formula is C13H19N3O4S2. The van der Waals surface area contributed by atoms with Gasteiger partial charge in [-0.3, -0.25) is 14.6 Å². The predicted molar refractivity (Wildman–Crippen MR) is 83.9 cm³/mol. The molecule has 0 spiro atoms. The highest BCUT2D eigenvalue weighted by molar-refractivity contribution is 7.88. The molecular weight excluding hydrogens is 326 g/mol. The minimum absolute atomic E-state index is 0.289. The van der Waals surface area contributed by atoms with Crippen LogP contribution < -0.4 is 10.1 Å². The van der Waals surface area contributed by atoms with E-state index in [1.54, 1.807) is 17.5 Å². The summed E-state index contributed by atoms with van der Waals surface area (Å²) in [7, 11) is -3.64. The molecule has 0 aliphatic carbocycles. The van der Waals surface area contributed by atoms with E-state index in [1.807, 2.05) is 0 Å². The highest BCUT2D eigenvalue weighted by Gasteiger charge is 2.29. The van der Waals surface area contributed by atoms with Gasteiger partial charge in [-0.05, 0) is 30.8 Å². The third-order valence-corrected chi connectivity index (χ3v) is 4.75. The topological polar surface area (TPSA) is 95.6 Å². The fraction of sp³-hybridized carbons (Fsp3) is 0.538. The summed E-state index contributed by atoms with van der Waals surface area (Å²) in [5.74, 6) is -0.982. The van der Waals surface area contributed by atoms with Crippen LogP contribution in [-0.4, -0.2) is 51.0 Å². The Hall–Kier alpha value is -1.29. The number of sulfonamides is 1. The zero-order valence-corrected chi connectivity index (χ0v) is 13.9. The van der Waals surface area contributed by atoms with E-state index in [-0.39, 0.29) is 24.2 Å². The van der Waals surface area contributed by atoms with Gasteiger partial charge in [0, 0.05) is 6.54 Å². The molecule has 0 radical (unpaired) electrons. The van der Waals surface area contributed by atoms with E-state index >= 15 is 0 Å². The van der Waals surface area contributed by atoms with Crippen LogP contribution in [0.25, 0.3) is 0 Å². The molecule has 1 aromatic heterocycles. The summed E-state index contributed by atoms with van der Waals surface area (Å²) in [5.41, 5.74) is 0. The van der Waals surface area contributed by atoms with E-state index in [0.29, 0.717) is 17.8 Å². The first-order valence-electron chi connectivity index (χ1n) is 6.93. The van der Waals surface area contributed by atoms with Crippen molar-refractivity contribution in [3.63, 3.8) is 0 Å². The largest absolute Gasteiger partial charge is 0.316 e. The summed E-state index contributed by atoms with van der Waals surface area (Å²) in [4.78, 5) is 27.3. The van der Waals surface area contributed by atoms with Crippen LogP contribution in [-0.2, 0) is 14.8 Å². The minimum atomic E-state index is -3.64. The lowest BCUT2D eigenvalue weighted by molar-refractivity contribution is -0.137. The molecule has 0 saturated carbocycles. The van der Waals surface area contributed by atoms with Gasteiger partial charge in [0.1, 0.15) is 6.54 Å². The Kier molecular flexibility index (Phi) is 5.68. The van der Waals surface area contributed by atoms with E-state index in [2.05, 4.69) is 10.1 Å². The van der Waals surface area contributed by atoms with E-state index in [4.69, 9.17) is 0 Å². The number of hydrogen-bond donors (Lipinski definition) is 2. The molecule has 1 unspecified atom stereocenters. The molecule has 122 valence electrons. The van der Waals surface area contributed by atoms with Gasteiger partial charge in [0.25, 0.3) is 0 Å². The van der Waals surface area contributed by atoms with Gasteiger partial charge in [-0.1, -0.05) is 6.07 Å². The van der Waals surface area contributed by atoms with Crippen molar-refractivity contribution in [2.45, 2.75) is 12.8 Å². The molecule has 2 heterocycles. The average molecular weight is 345 g/mol. The lowest BCUT2D eigenvalue weighted by Gasteiger charge is -2.28. The number of piperidine rings is 1. The molecule has 0 aromatic carbocycles. The molecule has 9 heteroatoms. The molecule has 1 aromatic rings. The fourth-order valence-electron chi connectivity index (χ4n) is 2.30. The number of carbonyl (C=O) groups is 2. The standard InChI is InChI=1S/C13H19N3O4S2/c1-22(19,20)15-16(9-11(17)12-5-3-7-21-12)13(18)10-4-2-6-14-8-10/h3,5,7,10,14-15H,2,4,6,8-9H2,1H3. The predicted octanol–water partition coefficient (Wildman–Crippen LogP) is 0.223. The normalized spacial score (nSPS) is 18.9. The minimum Gasteiger partial charge on any atom is -0.316 e. The number of ketones is 1. The second-order valence-corrected chi connectivity index (χ2v) is 7.91. The maximum atomic E-state index is 12.5. The van der Waals surface area contributed by atoms with Gasteiger partial charge in [0.05, 0.1) is 17.1 Å². The Morgan fingerprint density at radius 2 is 2.27 bits per heavy atom. The average Bonchev–Trinajstić information content (AvgIpc) is 2.99. The summed E-state index contributed by atoms with van der Waals surface area (Å²) >= 11 is 1.26. The number of hydrogen-bond acceptors (Lipinski definition) is 6. The summed E-state index contributed by atoms with van der Waals surface area (Å²) < 4.78 is 22.9. The summed E-state index contributed by atoms with van der Waals surface area (Å²) in [6.45, 7) is 1.04. The second-order valence-electron chi connectivity index (χ2n) is 5.23. The maximum absolute atomic E-state index is 12.5. The van der Waals surface area contributed by atoms with Gasteiger partial charge >= 0.3 is 0 Å². The van der Waals surface area contributed by atoms with Crippen LogP contribution in [0.2, 0.25) is 0 Å². The van der Waals surface area contributed by atoms with E-state index < -0.39 is 10.0 Å². The van der Waals surface area contributed by atoms with Crippen LogP contribution in [0.1, 0.15) is 22.5 Å². The fourth-order valence-corrected chi connectivity index (χ4v) is 3.51. The Morgan fingerprint density at radius 3 is 2.82 bits per heavy atom. The van der Waals surface area contributed by atoms with Crippen molar-refractivity contribution in [2.75, 3.05) is 25.9 Å². The lowest BCUT2D eigenvalue weighted by atomic mass is 9.98. The van der Waals surface area contributed by atoms with Crippen molar-refractivity contribution in [3.8, 4) is 0 Å². The van der Waals surface area contributed by atoms with Crippen LogP contribution >= 0.6 is 11.3 Å². The molecule has 1 amide bonds. The second kappa shape index (κ2) is 7.32. The van der Waals surface area contributed by atoms with Crippen molar-refractivity contribution in [3.05, 3.63) is 22.4 Å². The van der Waals surface area contributed by atoms with Crippen LogP contribution in [0, 0.1) is 5.92 Å². The molecule has 1 aliphatic rings. The van der Waals surface area contributed by atoms with E-state index in [9.17, 15) is 18.0 Å².